The van der Waals surface area contributed by atoms with Crippen LogP contribution in [0, 0.1) is 5.92 Å². The number of ether oxygens (including phenoxy) is 2. The number of amides is 1. The molecule has 44 heavy (non-hydrogen) atoms. The summed E-state index contributed by atoms with van der Waals surface area (Å²) in [6.45, 7) is 6.25. The predicted octanol–water partition coefficient (Wildman–Crippen LogP) is 5.51. The number of halogens is 1. The molecule has 0 saturated carbocycles. The summed E-state index contributed by atoms with van der Waals surface area (Å²) < 4.78 is 13.4. The molecule has 10 nitrogen and oxygen atoms in total. The fraction of sp³-hybridized carbons (Fsp3) is 0.312. The number of anilines is 1. The Hall–Kier alpha value is -4.19. The second-order valence-electron chi connectivity index (χ2n) is 10.9. The molecule has 1 aliphatic carbocycles. The topological polar surface area (TPSA) is 147 Å². The molecular weight excluding hydrogens is 600 g/mol. The zero-order valence-corrected chi connectivity index (χ0v) is 26.3. The third-order valence-corrected chi connectivity index (χ3v) is 8.91. The third kappa shape index (κ3) is 6.96. The number of pyridine rings is 1. The van der Waals surface area contributed by atoms with Crippen molar-refractivity contribution < 1.29 is 19.1 Å². The van der Waals surface area contributed by atoms with E-state index in [1.807, 2.05) is 67.8 Å². The van der Waals surface area contributed by atoms with Gasteiger partial charge in [-0.05, 0) is 42.7 Å². The van der Waals surface area contributed by atoms with E-state index >= 15 is 0 Å². The molecule has 230 valence electrons. The molecule has 5 N–H and O–H groups in total. The number of benzene rings is 1. The summed E-state index contributed by atoms with van der Waals surface area (Å²) >= 11 is 7.61. The largest absolute Gasteiger partial charge is 0.484 e. The van der Waals surface area contributed by atoms with Crippen LogP contribution < -0.4 is 21.5 Å². The van der Waals surface area contributed by atoms with Crippen LogP contribution in [0.5, 0.6) is 5.75 Å². The highest BCUT2D eigenvalue weighted by atomic mass is 35.5. The van der Waals surface area contributed by atoms with E-state index in [1.54, 1.807) is 18.6 Å². The van der Waals surface area contributed by atoms with Crippen LogP contribution in [0.15, 0.2) is 61.1 Å². The Morgan fingerprint density at radius 1 is 1.18 bits per heavy atom. The van der Waals surface area contributed by atoms with Crippen molar-refractivity contribution in [3.05, 3.63) is 93.5 Å². The number of nitrogens with one attached hydrogen (secondary N) is 1. The minimum atomic E-state index is -0.633. The van der Waals surface area contributed by atoms with Crippen LogP contribution in [0.3, 0.4) is 0 Å². The number of primary amides is 1. The first-order chi connectivity index (χ1) is 21.1. The fourth-order valence-electron chi connectivity index (χ4n) is 4.89. The van der Waals surface area contributed by atoms with E-state index in [0.29, 0.717) is 34.4 Å². The van der Waals surface area contributed by atoms with Crippen molar-refractivity contribution in [2.24, 2.45) is 17.4 Å². The van der Waals surface area contributed by atoms with Crippen LogP contribution in [0.1, 0.15) is 65.0 Å². The minimum absolute atomic E-state index is 0.0162. The Balaban J connectivity index is 1.27. The minimum Gasteiger partial charge on any atom is -0.484 e. The van der Waals surface area contributed by atoms with Gasteiger partial charge in [0.1, 0.15) is 46.5 Å². The van der Waals surface area contributed by atoms with Gasteiger partial charge in [0.15, 0.2) is 0 Å². The van der Waals surface area contributed by atoms with E-state index in [9.17, 15) is 9.59 Å². The first-order valence-corrected chi connectivity index (χ1v) is 15.5. The maximum atomic E-state index is 12.3. The number of nitrogens with two attached hydrogens (primary N) is 2. The van der Waals surface area contributed by atoms with Gasteiger partial charge in [-0.2, -0.15) is 0 Å². The van der Waals surface area contributed by atoms with Gasteiger partial charge in [-0.15, -0.1) is 11.3 Å². The first-order valence-electron chi connectivity index (χ1n) is 14.3. The SMILES string of the molecule is CC(C)[C@H](N)C(=O)OCCNc1cc(C2C=Cc3c(ncn3-c3cc(O[C@H](C)c4ccccc4Cl)c(C(N)=O)s3)C2)ccn1. The van der Waals surface area contributed by atoms with E-state index in [4.69, 9.17) is 37.5 Å². The number of fused-ring (bicyclic) bond motifs is 1. The van der Waals surface area contributed by atoms with Gasteiger partial charge in [-0.3, -0.25) is 14.2 Å². The third-order valence-electron chi connectivity index (χ3n) is 7.43. The molecule has 4 aromatic rings. The summed E-state index contributed by atoms with van der Waals surface area (Å²) in [5.41, 5.74) is 15.3. The fourth-order valence-corrected chi connectivity index (χ4v) is 6.11. The lowest BCUT2D eigenvalue weighted by molar-refractivity contribution is -0.145. The van der Waals surface area contributed by atoms with Gasteiger partial charge >= 0.3 is 5.97 Å². The Morgan fingerprint density at radius 3 is 2.73 bits per heavy atom. The Kier molecular flexibility index (Phi) is 9.68. The van der Waals surface area contributed by atoms with Crippen molar-refractivity contribution >= 4 is 46.7 Å². The molecule has 5 rings (SSSR count). The van der Waals surface area contributed by atoms with Crippen LogP contribution in [0.4, 0.5) is 5.82 Å². The Bertz CT molecular complexity index is 1680. The monoisotopic (exact) mass is 634 g/mol. The zero-order valence-electron chi connectivity index (χ0n) is 24.7. The summed E-state index contributed by atoms with van der Waals surface area (Å²) in [5.74, 6) is 0.229. The Labute approximate surface area is 265 Å². The van der Waals surface area contributed by atoms with Crippen molar-refractivity contribution in [2.75, 3.05) is 18.5 Å². The highest BCUT2D eigenvalue weighted by Gasteiger charge is 2.25. The summed E-state index contributed by atoms with van der Waals surface area (Å²) in [6, 6.07) is 12.6. The van der Waals surface area contributed by atoms with Gasteiger partial charge in [0.25, 0.3) is 5.91 Å². The van der Waals surface area contributed by atoms with E-state index in [1.165, 1.54) is 11.3 Å². The van der Waals surface area contributed by atoms with Crippen molar-refractivity contribution in [3.8, 4) is 10.8 Å². The number of allylic oxidation sites excluding steroid dienone is 1. The second kappa shape index (κ2) is 13.6. The average molecular weight is 635 g/mol. The quantitative estimate of drug-likeness (QED) is 0.136. The van der Waals surface area contributed by atoms with Gasteiger partial charge < -0.3 is 26.3 Å². The molecule has 0 fully saturated rings. The lowest BCUT2D eigenvalue weighted by Gasteiger charge is -2.18. The molecule has 3 aromatic heterocycles. The highest BCUT2D eigenvalue weighted by Crippen LogP contribution is 2.38. The molecule has 1 aliphatic rings. The summed E-state index contributed by atoms with van der Waals surface area (Å²) in [5, 5.41) is 4.56. The maximum absolute atomic E-state index is 12.3. The molecule has 1 aromatic carbocycles. The summed E-state index contributed by atoms with van der Waals surface area (Å²) in [7, 11) is 0. The van der Waals surface area contributed by atoms with Crippen molar-refractivity contribution in [3.63, 3.8) is 0 Å². The number of thiophene rings is 1. The van der Waals surface area contributed by atoms with Crippen molar-refractivity contribution in [1.82, 2.24) is 14.5 Å². The molecule has 0 spiro atoms. The standard InChI is InChI=1S/C32H35ClN6O4S/c1-18(2)29(34)32(41)42-13-12-37-27-15-21(10-11-36-27)20-8-9-25-24(14-20)38-17-39(25)28-16-26(30(44-28)31(35)40)43-19(3)22-6-4-5-7-23(22)33/h4-11,15-20,29H,12-14,34H2,1-3H3,(H2,35,40)(H,36,37)/t19-,20?,29+/m1/s1. The highest BCUT2D eigenvalue weighted by molar-refractivity contribution is 7.16. The summed E-state index contributed by atoms with van der Waals surface area (Å²) in [6.07, 6.45) is 7.98. The molecular formula is C32H35ClN6O4S. The molecule has 0 aliphatic heterocycles. The van der Waals surface area contributed by atoms with Crippen LogP contribution in [-0.4, -0.2) is 45.6 Å². The van der Waals surface area contributed by atoms with Crippen molar-refractivity contribution in [1.29, 1.82) is 0 Å². The first kappa shape index (κ1) is 31.2. The number of esters is 1. The molecule has 3 atom stereocenters. The molecule has 1 unspecified atom stereocenters. The van der Waals surface area contributed by atoms with Gasteiger partial charge in [-0.1, -0.05) is 49.7 Å². The predicted molar refractivity (Wildman–Crippen MR) is 172 cm³/mol. The number of carbonyl (C=O) groups is 2. The van der Waals surface area contributed by atoms with Crippen LogP contribution in [-0.2, 0) is 16.0 Å². The lowest BCUT2D eigenvalue weighted by Crippen LogP contribution is -2.37. The number of nitrogens with zero attached hydrogens (tertiary/aromatic N) is 3. The second-order valence-corrected chi connectivity index (χ2v) is 12.3. The number of imidazole rings is 1. The van der Waals surface area contributed by atoms with Crippen LogP contribution in [0.2, 0.25) is 5.02 Å². The Morgan fingerprint density at radius 2 is 1.98 bits per heavy atom. The molecule has 3 heterocycles. The summed E-state index contributed by atoms with van der Waals surface area (Å²) in [4.78, 5) is 33.7. The molecule has 0 bridgehead atoms. The van der Waals surface area contributed by atoms with Crippen LogP contribution in [0.25, 0.3) is 11.1 Å². The molecule has 12 heteroatoms. The zero-order chi connectivity index (χ0) is 31.4. The average Bonchev–Trinajstić information content (AvgIpc) is 3.63. The lowest BCUT2D eigenvalue weighted by atomic mass is 9.90. The van der Waals surface area contributed by atoms with Crippen molar-refractivity contribution in [2.45, 2.75) is 45.3 Å². The molecule has 0 radical (unpaired) electrons. The van der Waals surface area contributed by atoms with Gasteiger partial charge in [0.2, 0.25) is 0 Å². The van der Waals surface area contributed by atoms with E-state index in [2.05, 4.69) is 16.4 Å². The number of aromatic nitrogens is 3. The molecule has 0 saturated heterocycles. The molecule has 1 amide bonds. The van der Waals surface area contributed by atoms with Gasteiger partial charge in [0.05, 0.1) is 17.9 Å². The van der Waals surface area contributed by atoms with Gasteiger partial charge in [0, 0.05) is 35.2 Å². The van der Waals surface area contributed by atoms with Gasteiger partial charge in [-0.25, -0.2) is 9.97 Å². The number of hydrogen-bond donors (Lipinski definition) is 3. The number of carbonyl (C=O) groups excluding carboxylic acids is 2. The number of rotatable bonds is 12. The van der Waals surface area contributed by atoms with Crippen LogP contribution >= 0.6 is 22.9 Å². The smallest absolute Gasteiger partial charge is 0.323 e. The van der Waals surface area contributed by atoms with E-state index in [-0.39, 0.29) is 24.5 Å². The maximum Gasteiger partial charge on any atom is 0.323 e. The van der Waals surface area contributed by atoms with E-state index in [0.717, 1.165) is 27.5 Å². The normalized spacial score (nSPS) is 15.5. The number of hydrogen-bond acceptors (Lipinski definition) is 9. The van der Waals surface area contributed by atoms with E-state index < -0.39 is 17.9 Å².